The Hall–Kier alpha value is -6.11. The number of amides is 11. The number of carbonyl (C=O) groups excluding carboxylic acids is 11. The number of nitrogens with two attached hydrogens (primary N) is 4. The van der Waals surface area contributed by atoms with E-state index >= 15 is 0 Å². The first-order chi connectivity index (χ1) is 36.0. The first-order valence-corrected chi connectivity index (χ1v) is 26.0. The zero-order valence-corrected chi connectivity index (χ0v) is 44.5. The molecular formula is C47H87N15O14. The third-order valence-corrected chi connectivity index (χ3v) is 12.0. The van der Waals surface area contributed by atoms with Gasteiger partial charge in [-0.2, -0.15) is 0 Å². The van der Waals surface area contributed by atoms with Crippen molar-refractivity contribution >= 4 is 65.0 Å². The van der Waals surface area contributed by atoms with Crippen LogP contribution in [0.2, 0.25) is 0 Å². The monoisotopic (exact) mass is 1090 g/mol. The number of unbranched alkanes of at least 4 members (excludes halogenated alkanes) is 4. The molecule has 0 saturated carbocycles. The van der Waals surface area contributed by atoms with Crippen molar-refractivity contribution in [2.24, 2.45) is 28.9 Å². The molecule has 1 aliphatic heterocycles. The van der Waals surface area contributed by atoms with Crippen LogP contribution in [0.4, 0.5) is 0 Å². The maximum absolute atomic E-state index is 14.0. The summed E-state index contributed by atoms with van der Waals surface area (Å²) in [5, 5.41) is 58.2. The summed E-state index contributed by atoms with van der Waals surface area (Å²) in [6, 6.07) is -13.7. The summed E-state index contributed by atoms with van der Waals surface area (Å²) in [6.07, 6.45) is 0.321. The fourth-order valence-corrected chi connectivity index (χ4v) is 7.72. The molecule has 434 valence electrons. The second kappa shape index (κ2) is 36.8. The van der Waals surface area contributed by atoms with Crippen molar-refractivity contribution in [2.45, 2.75) is 178 Å². The second-order valence-corrected chi connectivity index (χ2v) is 19.1. The molecule has 0 aromatic heterocycles. The van der Waals surface area contributed by atoms with Crippen molar-refractivity contribution in [1.29, 1.82) is 0 Å². The van der Waals surface area contributed by atoms with Gasteiger partial charge in [-0.05, 0) is 90.9 Å². The van der Waals surface area contributed by atoms with Gasteiger partial charge in [-0.15, -0.1) is 0 Å². The first kappa shape index (κ1) is 67.9. The quantitative estimate of drug-likeness (QED) is 0.0358. The standard InChI is InChI=1S/C47H87N15O14/c1-6-7-8-9-10-11-35(66)54-29(13-18-49)42(71)62-38(27(5)65)47(76)60-34(24-63)45(74)59-32-16-21-52-46(75)37(26(4)64)61-43(72)31(15-20-51)57-40(69)30(14-19-50)58-44(73)33(22-25(2)3)55-36(67)23-53-39(68)28(12-17-48)56-41(32)70/h25-34,37-38,63-65H,6-24,48-51H2,1-5H3,(H,52,75)(H,53,68)(H,54,66)(H,55,67)(H,56,70)(H,57,69)(H,58,73)(H,59,74)(H,60,76)(H,61,72)(H,62,71)/t26-,27-,28+,29+,30+,31+,32+,33+,34+,37+,38+/m1/s1. The van der Waals surface area contributed by atoms with Crippen molar-refractivity contribution < 1.29 is 68.1 Å². The van der Waals surface area contributed by atoms with E-state index in [1.165, 1.54) is 6.92 Å². The lowest BCUT2D eigenvalue weighted by Crippen LogP contribution is -2.62. The lowest BCUT2D eigenvalue weighted by Gasteiger charge is -2.28. The third kappa shape index (κ3) is 25.2. The van der Waals surface area contributed by atoms with Crippen molar-refractivity contribution in [2.75, 3.05) is 45.9 Å². The summed E-state index contributed by atoms with van der Waals surface area (Å²) < 4.78 is 0. The molecule has 0 radical (unpaired) electrons. The van der Waals surface area contributed by atoms with Crippen molar-refractivity contribution in [1.82, 2.24) is 58.5 Å². The van der Waals surface area contributed by atoms with E-state index in [-0.39, 0.29) is 70.6 Å². The Bertz CT molecular complexity index is 1910. The van der Waals surface area contributed by atoms with Gasteiger partial charge in [0.15, 0.2) is 0 Å². The minimum atomic E-state index is -1.87. The Labute approximate surface area is 443 Å². The highest BCUT2D eigenvalue weighted by atomic mass is 16.3. The summed E-state index contributed by atoms with van der Waals surface area (Å²) in [5.41, 5.74) is 23.0. The van der Waals surface area contributed by atoms with Crippen LogP contribution in [0, 0.1) is 5.92 Å². The molecule has 0 unspecified atom stereocenters. The van der Waals surface area contributed by atoms with Crippen molar-refractivity contribution in [3.63, 3.8) is 0 Å². The molecule has 0 aromatic rings. The van der Waals surface area contributed by atoms with Gasteiger partial charge in [-0.3, -0.25) is 52.7 Å². The normalized spacial score (nSPS) is 22.8. The number of nitrogens with one attached hydrogen (secondary N) is 11. The van der Waals surface area contributed by atoms with Gasteiger partial charge < -0.3 is 96.7 Å². The van der Waals surface area contributed by atoms with Gasteiger partial charge in [-0.1, -0.05) is 46.5 Å². The van der Waals surface area contributed by atoms with E-state index < -0.39 is 158 Å². The average molecular weight is 1090 g/mol. The van der Waals surface area contributed by atoms with Crippen molar-refractivity contribution in [3.8, 4) is 0 Å². The molecule has 29 nitrogen and oxygen atoms in total. The van der Waals surface area contributed by atoms with E-state index in [1.54, 1.807) is 13.8 Å². The molecule has 0 bridgehead atoms. The fourth-order valence-electron chi connectivity index (χ4n) is 7.72. The van der Waals surface area contributed by atoms with Crippen molar-refractivity contribution in [3.05, 3.63) is 0 Å². The van der Waals surface area contributed by atoms with Gasteiger partial charge in [0.1, 0.15) is 54.4 Å². The summed E-state index contributed by atoms with van der Waals surface area (Å²) in [5.74, 6) is -10.4. The molecule has 22 N–H and O–H groups in total. The molecule has 76 heavy (non-hydrogen) atoms. The van der Waals surface area contributed by atoms with E-state index in [1.807, 2.05) is 0 Å². The zero-order chi connectivity index (χ0) is 57.5. The molecule has 1 heterocycles. The molecule has 0 spiro atoms. The number of rotatable bonds is 26. The third-order valence-electron chi connectivity index (χ3n) is 12.0. The second-order valence-electron chi connectivity index (χ2n) is 19.1. The van der Waals surface area contributed by atoms with E-state index in [0.717, 1.165) is 32.6 Å². The Morgan fingerprint density at radius 3 is 1.68 bits per heavy atom. The van der Waals surface area contributed by atoms with Crippen LogP contribution < -0.4 is 81.4 Å². The summed E-state index contributed by atoms with van der Waals surface area (Å²) in [7, 11) is 0. The molecule has 1 fully saturated rings. The number of hydrogen-bond acceptors (Lipinski definition) is 18. The molecule has 1 rings (SSSR count). The predicted molar refractivity (Wildman–Crippen MR) is 276 cm³/mol. The molecular weight excluding hydrogens is 999 g/mol. The van der Waals surface area contributed by atoms with E-state index in [4.69, 9.17) is 22.9 Å². The average Bonchev–Trinajstić information content (AvgIpc) is 3.35. The van der Waals surface area contributed by atoms with Crippen LogP contribution in [0.5, 0.6) is 0 Å². The van der Waals surface area contributed by atoms with Gasteiger partial charge in [-0.25, -0.2) is 0 Å². The van der Waals surface area contributed by atoms with Gasteiger partial charge in [0.2, 0.25) is 65.0 Å². The summed E-state index contributed by atoms with van der Waals surface area (Å²) in [6.45, 7) is 5.12. The Kier molecular flexibility index (Phi) is 32.9. The summed E-state index contributed by atoms with van der Waals surface area (Å²) in [4.78, 5) is 149. The smallest absolute Gasteiger partial charge is 0.245 e. The van der Waals surface area contributed by atoms with E-state index in [9.17, 15) is 68.1 Å². The Morgan fingerprint density at radius 1 is 0.605 bits per heavy atom. The highest BCUT2D eigenvalue weighted by Crippen LogP contribution is 2.09. The van der Waals surface area contributed by atoms with Gasteiger partial charge in [0.05, 0.1) is 25.4 Å². The molecule has 0 aromatic carbocycles. The van der Waals surface area contributed by atoms with Crippen LogP contribution in [-0.4, -0.2) is 193 Å². The zero-order valence-electron chi connectivity index (χ0n) is 44.5. The van der Waals surface area contributed by atoms with Gasteiger partial charge >= 0.3 is 0 Å². The Morgan fingerprint density at radius 2 is 1.16 bits per heavy atom. The van der Waals surface area contributed by atoms with Crippen LogP contribution in [0.15, 0.2) is 0 Å². The van der Waals surface area contributed by atoms with Crippen LogP contribution in [0.1, 0.15) is 112 Å². The summed E-state index contributed by atoms with van der Waals surface area (Å²) >= 11 is 0. The number of aliphatic hydroxyl groups excluding tert-OH is 3. The maximum Gasteiger partial charge on any atom is 0.245 e. The largest absolute Gasteiger partial charge is 0.394 e. The highest BCUT2D eigenvalue weighted by Gasteiger charge is 2.36. The van der Waals surface area contributed by atoms with Gasteiger partial charge in [0, 0.05) is 13.0 Å². The minimum absolute atomic E-state index is 0.0330. The highest BCUT2D eigenvalue weighted by molar-refractivity contribution is 5.98. The minimum Gasteiger partial charge on any atom is -0.394 e. The van der Waals surface area contributed by atoms with E-state index in [0.29, 0.717) is 6.42 Å². The van der Waals surface area contributed by atoms with Crippen LogP contribution >= 0.6 is 0 Å². The molecule has 0 aliphatic carbocycles. The van der Waals surface area contributed by atoms with Crippen LogP contribution in [-0.2, 0) is 52.7 Å². The van der Waals surface area contributed by atoms with Gasteiger partial charge in [0.25, 0.3) is 0 Å². The maximum atomic E-state index is 14.0. The van der Waals surface area contributed by atoms with Crippen LogP contribution in [0.25, 0.3) is 0 Å². The molecule has 1 saturated heterocycles. The SMILES string of the molecule is CCCCCCCC(=O)N[C@@H](CCN)C(=O)N[C@H](C(=O)N[C@@H](CO)C(=O)N[C@H]1CCNC(=O)[C@H]([C@@H](C)O)NC(=O)[C@H](CCN)NC(=O)[C@H](CCN)NC(=O)[C@H](CC(C)C)NC(=O)CNC(=O)[C@H](CCN)NC1=O)[C@@H](C)O. The number of aliphatic hydroxyl groups is 3. The predicted octanol–water partition coefficient (Wildman–Crippen LogP) is -7.46. The first-order valence-electron chi connectivity index (χ1n) is 26.0. The van der Waals surface area contributed by atoms with Crippen LogP contribution in [0.3, 0.4) is 0 Å². The lowest BCUT2D eigenvalue weighted by atomic mass is 10.0. The molecule has 1 aliphatic rings. The lowest BCUT2D eigenvalue weighted by molar-refractivity contribution is -0.137. The number of hydrogen-bond donors (Lipinski definition) is 18. The van der Waals surface area contributed by atoms with E-state index in [2.05, 4.69) is 65.4 Å². The molecule has 29 heteroatoms. The number of carbonyl (C=O) groups is 11. The topological polar surface area (TPSA) is 485 Å². The molecule has 11 atom stereocenters. The molecule has 11 amide bonds. The Balaban J connectivity index is 3.61. The fraction of sp³-hybridized carbons (Fsp3) is 0.766.